The van der Waals surface area contributed by atoms with Gasteiger partial charge in [-0.25, -0.2) is 0 Å². The third kappa shape index (κ3) is 4.24. The Morgan fingerprint density at radius 1 is 1.21 bits per heavy atom. The first-order chi connectivity index (χ1) is 11.7. The number of hydrogen-bond acceptors (Lipinski definition) is 3. The molecule has 0 unspecified atom stereocenters. The topological polar surface area (TPSA) is 36.3 Å². The van der Waals surface area contributed by atoms with Crippen LogP contribution in [0.25, 0.3) is 6.08 Å². The average molecular weight is 318 g/mol. The summed E-state index contributed by atoms with van der Waals surface area (Å²) in [7, 11) is 2.11. The van der Waals surface area contributed by atoms with Gasteiger partial charge in [0, 0.05) is 13.1 Å². The number of rotatable bonds is 5. The third-order valence-electron chi connectivity index (χ3n) is 4.20. The van der Waals surface area contributed by atoms with Crippen LogP contribution in [-0.4, -0.2) is 25.1 Å². The second-order valence-corrected chi connectivity index (χ2v) is 6.23. The summed E-state index contributed by atoms with van der Waals surface area (Å²) in [6, 6.07) is 16.3. The highest BCUT2D eigenvalue weighted by Gasteiger charge is 2.10. The van der Waals surface area contributed by atoms with Crippen LogP contribution in [0.3, 0.4) is 0 Å². The molecule has 0 amide bonds. The Hall–Kier alpha value is -2.57. The third-order valence-corrected chi connectivity index (χ3v) is 4.20. The van der Waals surface area contributed by atoms with Crippen LogP contribution in [-0.2, 0) is 13.0 Å². The van der Waals surface area contributed by atoms with Gasteiger partial charge in [0.15, 0.2) is 0 Å². The second kappa shape index (κ2) is 7.81. The Kier molecular flexibility index (Phi) is 5.30. The summed E-state index contributed by atoms with van der Waals surface area (Å²) < 4.78 is 5.75. The van der Waals surface area contributed by atoms with Gasteiger partial charge in [0.05, 0.1) is 18.2 Å². The summed E-state index contributed by atoms with van der Waals surface area (Å²) in [5, 5.41) is 8.81. The van der Waals surface area contributed by atoms with Gasteiger partial charge in [-0.2, -0.15) is 5.26 Å². The molecule has 1 aliphatic heterocycles. The van der Waals surface area contributed by atoms with E-state index >= 15 is 0 Å². The molecule has 1 heterocycles. The molecule has 1 aliphatic rings. The summed E-state index contributed by atoms with van der Waals surface area (Å²) in [5.41, 5.74) is 4.42. The first kappa shape index (κ1) is 16.3. The molecule has 2 aromatic rings. The van der Waals surface area contributed by atoms with Gasteiger partial charge in [0.25, 0.3) is 0 Å². The lowest BCUT2D eigenvalue weighted by Crippen LogP contribution is -2.18. The molecule has 0 N–H and O–H groups in total. The lowest BCUT2D eigenvalue weighted by Gasteiger charge is -2.20. The maximum absolute atomic E-state index is 8.81. The Morgan fingerprint density at radius 3 is 2.83 bits per heavy atom. The predicted octanol–water partition coefficient (Wildman–Crippen LogP) is 4.03. The fourth-order valence-electron chi connectivity index (χ4n) is 2.90. The highest BCUT2D eigenvalue weighted by molar-refractivity contribution is 5.51. The Morgan fingerprint density at radius 2 is 2.04 bits per heavy atom. The molecule has 0 aliphatic carbocycles. The number of ether oxygens (including phenoxy) is 1. The van der Waals surface area contributed by atoms with Gasteiger partial charge < -0.3 is 4.74 Å². The lowest BCUT2D eigenvalue weighted by atomic mass is 10.0. The standard InChI is InChI=1S/C21H22N2O/c1-23(12-2-4-17-6-8-18(15-22)9-7-17)16-19-10-11-20-5-3-13-24-21(20)14-19/h2,4,6-11,14H,3,5,12-13,16H2,1H3. The van der Waals surface area contributed by atoms with Crippen molar-refractivity contribution in [3.05, 3.63) is 70.8 Å². The Labute approximate surface area is 143 Å². The molecular weight excluding hydrogens is 296 g/mol. The molecule has 0 saturated carbocycles. The fraction of sp³-hybridized carbons (Fsp3) is 0.286. The first-order valence-corrected chi connectivity index (χ1v) is 8.34. The highest BCUT2D eigenvalue weighted by Crippen LogP contribution is 2.26. The van der Waals surface area contributed by atoms with Crippen LogP contribution in [0.2, 0.25) is 0 Å². The summed E-state index contributed by atoms with van der Waals surface area (Å²) in [5.74, 6) is 1.06. The predicted molar refractivity (Wildman–Crippen MR) is 96.8 cm³/mol. The van der Waals surface area contributed by atoms with Crippen molar-refractivity contribution in [1.29, 1.82) is 5.26 Å². The number of nitrogens with zero attached hydrogens (tertiary/aromatic N) is 2. The molecule has 0 spiro atoms. The van der Waals surface area contributed by atoms with Crippen LogP contribution >= 0.6 is 0 Å². The van der Waals surface area contributed by atoms with Gasteiger partial charge in [-0.1, -0.05) is 36.4 Å². The molecule has 0 fully saturated rings. The van der Waals surface area contributed by atoms with Crippen molar-refractivity contribution in [2.45, 2.75) is 19.4 Å². The smallest absolute Gasteiger partial charge is 0.122 e. The van der Waals surface area contributed by atoms with Crippen molar-refractivity contribution >= 4 is 6.08 Å². The van der Waals surface area contributed by atoms with E-state index in [2.05, 4.69) is 48.4 Å². The van der Waals surface area contributed by atoms with Crippen LogP contribution in [0.5, 0.6) is 5.75 Å². The van der Waals surface area contributed by atoms with Gasteiger partial charge in [-0.15, -0.1) is 0 Å². The number of likely N-dealkylation sites (N-methyl/N-ethyl adjacent to an activating group) is 1. The minimum Gasteiger partial charge on any atom is -0.493 e. The SMILES string of the molecule is CN(CC=Cc1ccc(C#N)cc1)Cc1ccc2c(c1)OCCC2. The van der Waals surface area contributed by atoms with E-state index in [4.69, 9.17) is 10.00 Å². The maximum Gasteiger partial charge on any atom is 0.122 e. The van der Waals surface area contributed by atoms with Crippen LogP contribution in [0.1, 0.15) is 28.7 Å². The zero-order valence-electron chi connectivity index (χ0n) is 14.0. The monoisotopic (exact) mass is 318 g/mol. The van der Waals surface area contributed by atoms with Gasteiger partial charge in [-0.3, -0.25) is 4.90 Å². The molecule has 0 saturated heterocycles. The van der Waals surface area contributed by atoms with Crippen molar-refractivity contribution in [3.8, 4) is 11.8 Å². The van der Waals surface area contributed by atoms with Crippen LogP contribution in [0.4, 0.5) is 0 Å². The quantitative estimate of drug-likeness (QED) is 0.835. The average Bonchev–Trinajstić information content (AvgIpc) is 2.62. The van der Waals surface area contributed by atoms with Crippen molar-refractivity contribution in [2.75, 3.05) is 20.2 Å². The molecule has 0 aromatic heterocycles. The van der Waals surface area contributed by atoms with E-state index in [1.807, 2.05) is 24.3 Å². The number of fused-ring (bicyclic) bond motifs is 1. The molecule has 0 atom stereocenters. The summed E-state index contributed by atoms with van der Waals surface area (Å²) >= 11 is 0. The van der Waals surface area contributed by atoms with Crippen LogP contribution < -0.4 is 4.74 Å². The highest BCUT2D eigenvalue weighted by atomic mass is 16.5. The van der Waals surface area contributed by atoms with E-state index in [0.717, 1.165) is 43.9 Å². The lowest BCUT2D eigenvalue weighted by molar-refractivity contribution is 0.287. The minimum atomic E-state index is 0.693. The number of hydrogen-bond donors (Lipinski definition) is 0. The minimum absolute atomic E-state index is 0.693. The molecule has 0 bridgehead atoms. The summed E-state index contributed by atoms with van der Waals surface area (Å²) in [4.78, 5) is 2.27. The molecule has 3 rings (SSSR count). The number of nitriles is 1. The maximum atomic E-state index is 8.81. The first-order valence-electron chi connectivity index (χ1n) is 8.34. The normalized spacial score (nSPS) is 13.5. The van der Waals surface area contributed by atoms with Crippen LogP contribution in [0.15, 0.2) is 48.5 Å². The van der Waals surface area contributed by atoms with E-state index in [-0.39, 0.29) is 0 Å². The van der Waals surface area contributed by atoms with E-state index in [1.165, 1.54) is 11.1 Å². The molecule has 3 heteroatoms. The Bertz CT molecular complexity index is 756. The van der Waals surface area contributed by atoms with E-state index in [1.54, 1.807) is 0 Å². The Balaban J connectivity index is 1.54. The van der Waals surface area contributed by atoms with Crippen molar-refractivity contribution < 1.29 is 4.74 Å². The zero-order valence-corrected chi connectivity index (χ0v) is 14.0. The molecule has 24 heavy (non-hydrogen) atoms. The van der Waals surface area contributed by atoms with Gasteiger partial charge in [0.2, 0.25) is 0 Å². The molecule has 2 aromatic carbocycles. The zero-order chi connectivity index (χ0) is 16.8. The largest absolute Gasteiger partial charge is 0.493 e. The molecule has 3 nitrogen and oxygen atoms in total. The number of aryl methyl sites for hydroxylation is 1. The molecule has 122 valence electrons. The van der Waals surface area contributed by atoms with Gasteiger partial charge in [0.1, 0.15) is 5.75 Å². The van der Waals surface area contributed by atoms with E-state index in [0.29, 0.717) is 5.56 Å². The summed E-state index contributed by atoms with van der Waals surface area (Å²) in [6.07, 6.45) is 6.48. The molecule has 0 radical (unpaired) electrons. The van der Waals surface area contributed by atoms with Crippen molar-refractivity contribution in [2.24, 2.45) is 0 Å². The molecular formula is C21H22N2O. The summed E-state index contributed by atoms with van der Waals surface area (Å²) in [6.45, 7) is 2.60. The van der Waals surface area contributed by atoms with Crippen molar-refractivity contribution in [3.63, 3.8) is 0 Å². The number of benzene rings is 2. The fourth-order valence-corrected chi connectivity index (χ4v) is 2.90. The second-order valence-electron chi connectivity index (χ2n) is 6.23. The van der Waals surface area contributed by atoms with Crippen LogP contribution in [0, 0.1) is 11.3 Å². The van der Waals surface area contributed by atoms with E-state index in [9.17, 15) is 0 Å². The van der Waals surface area contributed by atoms with Crippen molar-refractivity contribution in [1.82, 2.24) is 4.90 Å². The van der Waals surface area contributed by atoms with E-state index < -0.39 is 0 Å². The van der Waals surface area contributed by atoms with Gasteiger partial charge >= 0.3 is 0 Å². The van der Waals surface area contributed by atoms with Gasteiger partial charge in [-0.05, 0) is 54.8 Å².